The average Bonchev–Trinajstić information content (AvgIpc) is 2.39. The molecule has 0 aliphatic rings. The Morgan fingerprint density at radius 1 is 0.579 bits per heavy atom. The Kier molecular flexibility index (Phi) is 15.1. The molecule has 0 saturated heterocycles. The van der Waals surface area contributed by atoms with Crippen molar-refractivity contribution < 1.29 is 9.90 Å². The van der Waals surface area contributed by atoms with E-state index in [-0.39, 0.29) is 6.42 Å². The molecular formula is C17H33O2. The first-order valence-electron chi connectivity index (χ1n) is 8.47. The van der Waals surface area contributed by atoms with Gasteiger partial charge < -0.3 is 0 Å². The summed E-state index contributed by atoms with van der Waals surface area (Å²) in [6.07, 6.45) is 18.4. The van der Waals surface area contributed by atoms with Crippen LogP contribution < -0.4 is 0 Å². The molecule has 0 N–H and O–H groups in total. The zero-order valence-electron chi connectivity index (χ0n) is 12.9. The lowest BCUT2D eigenvalue weighted by molar-refractivity contribution is -0.143. The Labute approximate surface area is 120 Å². The van der Waals surface area contributed by atoms with E-state index < -0.39 is 5.97 Å². The summed E-state index contributed by atoms with van der Waals surface area (Å²) in [6.45, 7) is 2.26. The molecule has 0 bridgehead atoms. The highest BCUT2D eigenvalue weighted by molar-refractivity contribution is 5.66. The van der Waals surface area contributed by atoms with Crippen molar-refractivity contribution in [1.82, 2.24) is 0 Å². The van der Waals surface area contributed by atoms with Gasteiger partial charge in [0.1, 0.15) is 0 Å². The predicted octanol–water partition coefficient (Wildman–Crippen LogP) is 5.81. The summed E-state index contributed by atoms with van der Waals surface area (Å²) in [7, 11) is 0. The molecule has 19 heavy (non-hydrogen) atoms. The fraction of sp³-hybridized carbons (Fsp3) is 0.941. The van der Waals surface area contributed by atoms with Crippen LogP contribution in [-0.4, -0.2) is 5.97 Å². The van der Waals surface area contributed by atoms with Crippen molar-refractivity contribution in [3.05, 3.63) is 0 Å². The molecule has 0 aromatic heterocycles. The quantitative estimate of drug-likeness (QED) is 0.345. The van der Waals surface area contributed by atoms with E-state index in [1.165, 1.54) is 77.0 Å². The van der Waals surface area contributed by atoms with Gasteiger partial charge in [0.05, 0.1) is 6.42 Å². The standard InChI is InChI=1S/C17H33O2/c1-2-3-4-5-6-7-8-9-10-11-12-13-14-15-16-17(18)19/h2-16H2,1H3. The van der Waals surface area contributed by atoms with Crippen LogP contribution in [0.4, 0.5) is 0 Å². The lowest BCUT2D eigenvalue weighted by Crippen LogP contribution is -1.91. The van der Waals surface area contributed by atoms with Gasteiger partial charge in [-0.1, -0.05) is 90.4 Å². The molecule has 0 rings (SSSR count). The lowest BCUT2D eigenvalue weighted by Gasteiger charge is -2.02. The van der Waals surface area contributed by atoms with Gasteiger partial charge >= 0.3 is 5.97 Å². The Morgan fingerprint density at radius 3 is 1.21 bits per heavy atom. The van der Waals surface area contributed by atoms with Crippen molar-refractivity contribution in [2.75, 3.05) is 0 Å². The number of rotatable bonds is 15. The third-order valence-electron chi connectivity index (χ3n) is 3.73. The fourth-order valence-corrected chi connectivity index (χ4v) is 2.46. The second-order valence-corrected chi connectivity index (χ2v) is 5.72. The minimum absolute atomic E-state index is 0.234. The van der Waals surface area contributed by atoms with E-state index in [0.29, 0.717) is 0 Å². The fourth-order valence-electron chi connectivity index (χ4n) is 2.46. The highest BCUT2D eigenvalue weighted by atomic mass is 16.4. The maximum Gasteiger partial charge on any atom is 0.355 e. The number of hydrogen-bond donors (Lipinski definition) is 0. The molecule has 0 amide bonds. The van der Waals surface area contributed by atoms with Crippen LogP contribution in [-0.2, 0) is 9.90 Å². The van der Waals surface area contributed by atoms with Crippen molar-refractivity contribution in [2.45, 2.75) is 103 Å². The van der Waals surface area contributed by atoms with Crippen LogP contribution >= 0.6 is 0 Å². The second kappa shape index (κ2) is 15.5. The molecule has 2 nitrogen and oxygen atoms in total. The summed E-state index contributed by atoms with van der Waals surface area (Å²) in [4.78, 5) is 10.2. The highest BCUT2D eigenvalue weighted by Crippen LogP contribution is 2.13. The minimum Gasteiger partial charge on any atom is -0.247 e. The van der Waals surface area contributed by atoms with Crippen molar-refractivity contribution in [2.24, 2.45) is 0 Å². The molecule has 0 aliphatic carbocycles. The van der Waals surface area contributed by atoms with Crippen molar-refractivity contribution in [3.8, 4) is 0 Å². The van der Waals surface area contributed by atoms with Gasteiger partial charge in [-0.05, 0) is 6.42 Å². The molecule has 0 aromatic rings. The molecule has 0 atom stereocenters. The van der Waals surface area contributed by atoms with Crippen LogP contribution in [0, 0.1) is 0 Å². The van der Waals surface area contributed by atoms with E-state index in [2.05, 4.69) is 6.92 Å². The minimum atomic E-state index is -0.904. The topological polar surface area (TPSA) is 37.0 Å². The SMILES string of the molecule is CCCCCCCCCCCCCCCCC([O])=O. The molecule has 0 spiro atoms. The maximum atomic E-state index is 10.2. The van der Waals surface area contributed by atoms with E-state index in [1.54, 1.807) is 0 Å². The molecular weight excluding hydrogens is 236 g/mol. The third kappa shape index (κ3) is 17.5. The number of carbonyl (C=O) groups is 1. The third-order valence-corrected chi connectivity index (χ3v) is 3.73. The van der Waals surface area contributed by atoms with E-state index in [0.717, 1.165) is 12.8 Å². The Hall–Kier alpha value is -0.530. The summed E-state index contributed by atoms with van der Waals surface area (Å²) in [6, 6.07) is 0. The van der Waals surface area contributed by atoms with Crippen molar-refractivity contribution in [3.63, 3.8) is 0 Å². The van der Waals surface area contributed by atoms with Crippen LogP contribution in [0.5, 0.6) is 0 Å². The molecule has 1 radical (unpaired) electrons. The Balaban J connectivity index is 2.93. The summed E-state index contributed by atoms with van der Waals surface area (Å²) in [5.41, 5.74) is 0. The number of carbonyl (C=O) groups excluding carboxylic acids is 1. The van der Waals surface area contributed by atoms with E-state index in [9.17, 15) is 9.90 Å². The van der Waals surface area contributed by atoms with Crippen LogP contribution in [0.3, 0.4) is 0 Å². The highest BCUT2D eigenvalue weighted by Gasteiger charge is 1.98. The van der Waals surface area contributed by atoms with Gasteiger partial charge in [-0.15, -0.1) is 0 Å². The molecule has 0 heterocycles. The lowest BCUT2D eigenvalue weighted by atomic mass is 10.0. The van der Waals surface area contributed by atoms with Crippen LogP contribution in [0.1, 0.15) is 103 Å². The van der Waals surface area contributed by atoms with Gasteiger partial charge in [0.25, 0.3) is 0 Å². The molecule has 113 valence electrons. The van der Waals surface area contributed by atoms with Gasteiger partial charge in [-0.2, -0.15) is 0 Å². The summed E-state index contributed by atoms with van der Waals surface area (Å²) < 4.78 is 0. The van der Waals surface area contributed by atoms with E-state index in [1.807, 2.05) is 0 Å². The van der Waals surface area contributed by atoms with Crippen LogP contribution in [0.2, 0.25) is 0 Å². The van der Waals surface area contributed by atoms with Crippen LogP contribution in [0.25, 0.3) is 0 Å². The first kappa shape index (κ1) is 18.5. The van der Waals surface area contributed by atoms with Gasteiger partial charge in [0, 0.05) is 0 Å². The Bertz CT molecular complexity index is 190. The van der Waals surface area contributed by atoms with Gasteiger partial charge in [0.2, 0.25) is 0 Å². The molecule has 0 aromatic carbocycles. The summed E-state index contributed by atoms with van der Waals surface area (Å²) >= 11 is 0. The normalized spacial score (nSPS) is 10.8. The maximum absolute atomic E-state index is 10.2. The number of unbranched alkanes of at least 4 members (excludes halogenated alkanes) is 13. The largest absolute Gasteiger partial charge is 0.355 e. The first-order valence-corrected chi connectivity index (χ1v) is 8.47. The predicted molar refractivity (Wildman–Crippen MR) is 80.6 cm³/mol. The average molecular weight is 269 g/mol. The van der Waals surface area contributed by atoms with E-state index in [4.69, 9.17) is 0 Å². The van der Waals surface area contributed by atoms with Crippen molar-refractivity contribution >= 4 is 5.97 Å². The summed E-state index contributed by atoms with van der Waals surface area (Å²) in [5.74, 6) is -0.904. The second-order valence-electron chi connectivity index (χ2n) is 5.72. The zero-order valence-corrected chi connectivity index (χ0v) is 12.9. The van der Waals surface area contributed by atoms with Gasteiger partial charge in [-0.3, -0.25) is 0 Å². The summed E-state index contributed by atoms with van der Waals surface area (Å²) in [5, 5.41) is 10.2. The molecule has 2 heteroatoms. The molecule has 0 fully saturated rings. The monoisotopic (exact) mass is 269 g/mol. The molecule has 0 aliphatic heterocycles. The number of hydrogen-bond acceptors (Lipinski definition) is 1. The molecule has 0 unspecified atom stereocenters. The van der Waals surface area contributed by atoms with E-state index >= 15 is 0 Å². The first-order chi connectivity index (χ1) is 9.27. The Morgan fingerprint density at radius 2 is 0.895 bits per heavy atom. The van der Waals surface area contributed by atoms with Crippen molar-refractivity contribution in [1.29, 1.82) is 0 Å². The van der Waals surface area contributed by atoms with Gasteiger partial charge in [0.15, 0.2) is 0 Å². The smallest absolute Gasteiger partial charge is 0.247 e. The molecule has 0 saturated carbocycles. The van der Waals surface area contributed by atoms with Gasteiger partial charge in [-0.25, -0.2) is 9.90 Å². The zero-order chi connectivity index (χ0) is 14.2. The van der Waals surface area contributed by atoms with Crippen LogP contribution in [0.15, 0.2) is 0 Å².